The summed E-state index contributed by atoms with van der Waals surface area (Å²) >= 11 is 0. The first kappa shape index (κ1) is 7.75. The maximum atomic E-state index is 10.3. The third-order valence-electron chi connectivity index (χ3n) is 0.737. The maximum absolute atomic E-state index is 10.3. The summed E-state index contributed by atoms with van der Waals surface area (Å²) in [5, 5.41) is 6.42. The monoisotopic (exact) mass is 125 g/mol. The number of nitrogens with one attached hydrogen (secondary N) is 1. The Kier molecular flexibility index (Phi) is 3.20. The van der Waals surface area contributed by atoms with Crippen molar-refractivity contribution in [2.24, 2.45) is 0 Å². The Morgan fingerprint density at radius 2 is 2.00 bits per heavy atom. The molecule has 0 unspecified atom stereocenters. The molecule has 1 N–H and O–H groups in total. The molecule has 0 spiro atoms. The van der Waals surface area contributed by atoms with E-state index in [0.717, 1.165) is 6.08 Å². The minimum Gasteiger partial charge on any atom is -0.305 e. The smallest absolute Gasteiger partial charge is 0.180 e. The summed E-state index contributed by atoms with van der Waals surface area (Å²) in [6.45, 7) is 3.17. The molecule has 0 rings (SSSR count). The van der Waals surface area contributed by atoms with Crippen LogP contribution >= 0.6 is 0 Å². The molecule has 48 valence electrons. The molecule has 3 heteroatoms. The van der Waals surface area contributed by atoms with Crippen LogP contribution in [0.25, 0.3) is 0 Å². The predicted octanol–water partition coefficient (Wildman–Crippen LogP) is 0.350. The fraction of sp³-hybridized carbons (Fsp3) is 0.167. The zero-order valence-electron chi connectivity index (χ0n) is 4.89. The Morgan fingerprint density at radius 1 is 1.44 bits per heavy atom. The number of Topliss-reactive ketones (excluding diaryl/α,β-unsaturated/α-hetero) is 1. The summed E-state index contributed by atoms with van der Waals surface area (Å²) in [6.07, 6.45) is 1.47. The average Bonchev–Trinajstić information content (AvgIpc) is 1.87. The van der Waals surface area contributed by atoms with Crippen LogP contribution in [0.3, 0.4) is 0 Å². The fourth-order valence-electron chi connectivity index (χ4n) is 0.295. The van der Waals surface area contributed by atoms with Crippen LogP contribution < -0.4 is 0 Å². The first-order valence-electron chi connectivity index (χ1n) is 2.39. The Balaban J connectivity index is 3.73. The van der Waals surface area contributed by atoms with Crippen LogP contribution in [0.2, 0.25) is 0 Å². The van der Waals surface area contributed by atoms with Gasteiger partial charge in [0, 0.05) is 0 Å². The minimum absolute atomic E-state index is 0.229. The van der Waals surface area contributed by atoms with Crippen LogP contribution in [-0.4, -0.2) is 17.8 Å². The highest BCUT2D eigenvalue weighted by Crippen LogP contribution is 1.82. The summed E-state index contributed by atoms with van der Waals surface area (Å²) < 4.78 is 0. The molecule has 0 fully saturated rings. The number of allylic oxidation sites excluding steroid dienone is 1. The maximum Gasteiger partial charge on any atom is 0.180 e. The summed E-state index contributed by atoms with van der Waals surface area (Å²) in [5.41, 5.74) is 0. The van der Waals surface area contributed by atoms with Crippen LogP contribution in [0.1, 0.15) is 6.42 Å². The Hall–Kier alpha value is -1.25. The van der Waals surface area contributed by atoms with Crippen molar-refractivity contribution in [3.05, 3.63) is 12.7 Å². The van der Waals surface area contributed by atoms with Crippen molar-refractivity contribution >= 4 is 17.8 Å². The van der Waals surface area contributed by atoms with E-state index in [1.807, 2.05) is 0 Å². The summed E-state index contributed by atoms with van der Waals surface area (Å²) in [5.74, 6) is -0.830. The van der Waals surface area contributed by atoms with Gasteiger partial charge in [-0.15, -0.1) is 0 Å². The SMILES string of the molecule is C=CC(=O)CC(=O)C=N. The molecule has 0 radical (unpaired) electrons. The average molecular weight is 125 g/mol. The standard InChI is InChI=1S/C6H7NO2/c1-2-5(8)3-6(9)4-7/h2,4,7H,1,3H2. The van der Waals surface area contributed by atoms with E-state index in [2.05, 4.69) is 6.58 Å². The van der Waals surface area contributed by atoms with Gasteiger partial charge >= 0.3 is 0 Å². The molecular formula is C6H7NO2. The van der Waals surface area contributed by atoms with E-state index >= 15 is 0 Å². The second kappa shape index (κ2) is 3.72. The van der Waals surface area contributed by atoms with Gasteiger partial charge < -0.3 is 5.41 Å². The highest BCUT2D eigenvalue weighted by atomic mass is 16.1. The first-order valence-corrected chi connectivity index (χ1v) is 2.39. The van der Waals surface area contributed by atoms with Crippen molar-refractivity contribution in [3.8, 4) is 0 Å². The summed E-state index contributed by atoms with van der Waals surface area (Å²) in [4.78, 5) is 20.6. The third-order valence-corrected chi connectivity index (χ3v) is 0.737. The molecule has 9 heavy (non-hydrogen) atoms. The molecule has 3 nitrogen and oxygen atoms in total. The van der Waals surface area contributed by atoms with E-state index in [9.17, 15) is 9.59 Å². The topological polar surface area (TPSA) is 58.0 Å². The third kappa shape index (κ3) is 3.34. The van der Waals surface area contributed by atoms with E-state index in [4.69, 9.17) is 5.41 Å². The number of carbonyl (C=O) groups excluding carboxylic acids is 2. The lowest BCUT2D eigenvalue weighted by Crippen LogP contribution is -2.04. The summed E-state index contributed by atoms with van der Waals surface area (Å²) in [6, 6.07) is 0. The lowest BCUT2D eigenvalue weighted by Gasteiger charge is -1.84. The molecule has 0 atom stereocenters. The van der Waals surface area contributed by atoms with E-state index in [-0.39, 0.29) is 12.2 Å². The Morgan fingerprint density at radius 3 is 2.33 bits per heavy atom. The largest absolute Gasteiger partial charge is 0.305 e. The van der Waals surface area contributed by atoms with E-state index in [1.54, 1.807) is 0 Å². The lowest BCUT2D eigenvalue weighted by molar-refractivity contribution is -0.120. The van der Waals surface area contributed by atoms with Crippen molar-refractivity contribution in [1.82, 2.24) is 0 Å². The van der Waals surface area contributed by atoms with Crippen molar-refractivity contribution in [3.63, 3.8) is 0 Å². The Labute approximate surface area is 52.9 Å². The normalized spacial score (nSPS) is 8.00. The van der Waals surface area contributed by atoms with Gasteiger partial charge in [-0.25, -0.2) is 0 Å². The molecule has 0 aromatic carbocycles. The Bertz CT molecular complexity index is 142. The van der Waals surface area contributed by atoms with Crippen LogP contribution in [0.15, 0.2) is 12.7 Å². The molecule has 0 amide bonds. The van der Waals surface area contributed by atoms with Gasteiger partial charge in [-0.05, 0) is 6.08 Å². The van der Waals surface area contributed by atoms with E-state index < -0.39 is 5.78 Å². The van der Waals surface area contributed by atoms with Crippen molar-refractivity contribution in [2.45, 2.75) is 6.42 Å². The molecule has 0 saturated carbocycles. The zero-order chi connectivity index (χ0) is 7.28. The molecule has 0 bridgehead atoms. The molecule has 0 aliphatic rings. The second-order valence-corrected chi connectivity index (χ2v) is 1.46. The van der Waals surface area contributed by atoms with Crippen molar-refractivity contribution < 1.29 is 9.59 Å². The fourth-order valence-corrected chi connectivity index (χ4v) is 0.295. The number of hydrogen-bond acceptors (Lipinski definition) is 3. The van der Waals surface area contributed by atoms with Gasteiger partial charge in [0.2, 0.25) is 0 Å². The number of rotatable bonds is 4. The van der Waals surface area contributed by atoms with Crippen LogP contribution in [0.4, 0.5) is 0 Å². The van der Waals surface area contributed by atoms with Gasteiger partial charge in [-0.1, -0.05) is 6.58 Å². The highest BCUT2D eigenvalue weighted by Gasteiger charge is 2.00. The van der Waals surface area contributed by atoms with Gasteiger partial charge in [-0.2, -0.15) is 0 Å². The van der Waals surface area contributed by atoms with Gasteiger partial charge in [-0.3, -0.25) is 9.59 Å². The molecule has 0 saturated heterocycles. The van der Waals surface area contributed by atoms with Gasteiger partial charge in [0.1, 0.15) is 0 Å². The van der Waals surface area contributed by atoms with Crippen LogP contribution in [-0.2, 0) is 9.59 Å². The van der Waals surface area contributed by atoms with Crippen molar-refractivity contribution in [2.75, 3.05) is 0 Å². The van der Waals surface area contributed by atoms with Gasteiger partial charge in [0.25, 0.3) is 0 Å². The molecule has 0 aliphatic carbocycles. The molecule has 0 aromatic rings. The minimum atomic E-state index is -0.486. The second-order valence-electron chi connectivity index (χ2n) is 1.46. The van der Waals surface area contributed by atoms with Crippen LogP contribution in [0.5, 0.6) is 0 Å². The highest BCUT2D eigenvalue weighted by molar-refractivity contribution is 6.31. The zero-order valence-corrected chi connectivity index (χ0v) is 4.89. The van der Waals surface area contributed by atoms with Gasteiger partial charge in [0.05, 0.1) is 12.6 Å². The van der Waals surface area contributed by atoms with E-state index in [1.165, 1.54) is 0 Å². The van der Waals surface area contributed by atoms with Crippen molar-refractivity contribution in [1.29, 1.82) is 5.41 Å². The molecular weight excluding hydrogens is 118 g/mol. The van der Waals surface area contributed by atoms with Crippen LogP contribution in [0, 0.1) is 5.41 Å². The molecule has 0 heterocycles. The molecule has 0 aliphatic heterocycles. The lowest BCUT2D eigenvalue weighted by atomic mass is 10.2. The number of hydrogen-bond donors (Lipinski definition) is 1. The summed E-state index contributed by atoms with van der Waals surface area (Å²) in [7, 11) is 0. The quantitative estimate of drug-likeness (QED) is 0.335. The first-order chi connectivity index (χ1) is 4.20. The van der Waals surface area contributed by atoms with Gasteiger partial charge in [0.15, 0.2) is 11.6 Å². The van der Waals surface area contributed by atoms with E-state index in [0.29, 0.717) is 6.21 Å². The molecule has 0 aromatic heterocycles. The number of ketones is 2. The predicted molar refractivity (Wildman–Crippen MR) is 33.6 cm³/mol. The number of carbonyl (C=O) groups is 2.